The standard InChI is InChI=1S/C27H27N3O5/c1-3-34-23-15-19(13-14-22(23)35-16-18-9-5-4-6-10-18)24-17(2)29-27(25(24)30(32)33)20-11-7-8-12-21(20)28-26(27)31/h4-15,17,24-25,29H,3,16H2,1-2H3,(H,28,31)/t17-,24-,25+,27+/m0/s1. The maximum atomic E-state index is 13.2. The van der Waals surface area contributed by atoms with Crippen molar-refractivity contribution in [2.45, 2.75) is 44.0 Å². The molecule has 0 bridgehead atoms. The number of para-hydroxylation sites is 1. The predicted octanol–water partition coefficient (Wildman–Crippen LogP) is 4.23. The number of rotatable bonds is 7. The van der Waals surface area contributed by atoms with Crippen LogP contribution in [0.2, 0.25) is 0 Å². The summed E-state index contributed by atoms with van der Waals surface area (Å²) in [7, 11) is 0. The van der Waals surface area contributed by atoms with Crippen molar-refractivity contribution in [2.24, 2.45) is 0 Å². The molecule has 8 heteroatoms. The molecule has 2 aliphatic heterocycles. The van der Waals surface area contributed by atoms with Gasteiger partial charge in [-0.2, -0.15) is 0 Å². The second kappa shape index (κ2) is 9.03. The molecule has 1 saturated heterocycles. The number of anilines is 1. The highest BCUT2D eigenvalue weighted by atomic mass is 16.6. The van der Waals surface area contributed by atoms with E-state index in [1.165, 1.54) is 0 Å². The highest BCUT2D eigenvalue weighted by molar-refractivity contribution is 6.07. The van der Waals surface area contributed by atoms with Gasteiger partial charge in [0, 0.05) is 22.2 Å². The first-order chi connectivity index (χ1) is 17.0. The molecule has 2 aliphatic rings. The topological polar surface area (TPSA) is 103 Å². The second-order valence-corrected chi connectivity index (χ2v) is 8.91. The van der Waals surface area contributed by atoms with Gasteiger partial charge in [-0.1, -0.05) is 54.6 Å². The fraction of sp³-hybridized carbons (Fsp3) is 0.296. The van der Waals surface area contributed by atoms with Crippen LogP contribution in [0.25, 0.3) is 0 Å². The zero-order valence-corrected chi connectivity index (χ0v) is 19.6. The third kappa shape index (κ3) is 3.80. The highest BCUT2D eigenvalue weighted by Gasteiger charge is 2.67. The van der Waals surface area contributed by atoms with Crippen LogP contribution in [0, 0.1) is 10.1 Å². The highest BCUT2D eigenvalue weighted by Crippen LogP contribution is 2.50. The van der Waals surface area contributed by atoms with Gasteiger partial charge >= 0.3 is 0 Å². The predicted molar refractivity (Wildman–Crippen MR) is 131 cm³/mol. The van der Waals surface area contributed by atoms with Gasteiger partial charge in [0.1, 0.15) is 6.61 Å². The summed E-state index contributed by atoms with van der Waals surface area (Å²) >= 11 is 0. The van der Waals surface area contributed by atoms with Gasteiger partial charge in [0.2, 0.25) is 0 Å². The van der Waals surface area contributed by atoms with E-state index in [0.717, 1.165) is 11.1 Å². The number of hydrogen-bond acceptors (Lipinski definition) is 6. The van der Waals surface area contributed by atoms with Crippen LogP contribution in [0.15, 0.2) is 72.8 Å². The Hall–Kier alpha value is -3.91. The molecule has 35 heavy (non-hydrogen) atoms. The molecule has 5 rings (SSSR count). The first kappa shape index (κ1) is 22.9. The molecule has 0 saturated carbocycles. The number of hydrogen-bond donors (Lipinski definition) is 2. The molecule has 4 atom stereocenters. The maximum Gasteiger partial charge on any atom is 0.256 e. The molecule has 1 spiro atoms. The third-order valence-electron chi connectivity index (χ3n) is 6.85. The maximum absolute atomic E-state index is 13.2. The summed E-state index contributed by atoms with van der Waals surface area (Å²) in [5.74, 6) is 0.119. The van der Waals surface area contributed by atoms with E-state index in [9.17, 15) is 14.9 Å². The van der Waals surface area contributed by atoms with E-state index in [-0.39, 0.29) is 11.0 Å². The summed E-state index contributed by atoms with van der Waals surface area (Å²) in [4.78, 5) is 25.4. The van der Waals surface area contributed by atoms with E-state index in [1.807, 2.05) is 50.2 Å². The number of ether oxygens (including phenoxy) is 2. The van der Waals surface area contributed by atoms with Crippen LogP contribution in [0.3, 0.4) is 0 Å². The van der Waals surface area contributed by atoms with Gasteiger partial charge in [-0.3, -0.25) is 20.2 Å². The van der Waals surface area contributed by atoms with E-state index < -0.39 is 23.4 Å². The monoisotopic (exact) mass is 473 g/mol. The molecule has 180 valence electrons. The Morgan fingerprint density at radius 1 is 1.00 bits per heavy atom. The van der Waals surface area contributed by atoms with Gasteiger partial charge in [-0.05, 0) is 43.2 Å². The Morgan fingerprint density at radius 3 is 2.49 bits per heavy atom. The summed E-state index contributed by atoms with van der Waals surface area (Å²) in [6.07, 6.45) is 0. The van der Waals surface area contributed by atoms with Crippen molar-refractivity contribution in [1.82, 2.24) is 5.32 Å². The Labute approximate surface area is 203 Å². The summed E-state index contributed by atoms with van der Waals surface area (Å²) < 4.78 is 11.9. The minimum Gasteiger partial charge on any atom is -0.490 e. The van der Waals surface area contributed by atoms with Crippen LogP contribution in [-0.4, -0.2) is 29.5 Å². The zero-order valence-electron chi connectivity index (χ0n) is 19.6. The molecule has 1 amide bonds. The summed E-state index contributed by atoms with van der Waals surface area (Å²) in [6, 6.07) is 20.8. The van der Waals surface area contributed by atoms with Crippen molar-refractivity contribution in [3.63, 3.8) is 0 Å². The van der Waals surface area contributed by atoms with Crippen LogP contribution in [0.4, 0.5) is 5.69 Å². The fourth-order valence-electron chi connectivity index (χ4n) is 5.41. The summed E-state index contributed by atoms with van der Waals surface area (Å²) in [5.41, 5.74) is 1.50. The van der Waals surface area contributed by atoms with Gasteiger partial charge in [0.05, 0.1) is 12.5 Å². The first-order valence-corrected chi connectivity index (χ1v) is 11.7. The molecule has 2 heterocycles. The Kier molecular flexibility index (Phi) is 5.90. The lowest BCUT2D eigenvalue weighted by Crippen LogP contribution is -2.54. The van der Waals surface area contributed by atoms with E-state index in [4.69, 9.17) is 9.47 Å². The van der Waals surface area contributed by atoms with Crippen LogP contribution in [0.5, 0.6) is 11.5 Å². The van der Waals surface area contributed by atoms with Crippen molar-refractivity contribution in [1.29, 1.82) is 0 Å². The number of carbonyl (C=O) groups excluding carboxylic acids is 1. The van der Waals surface area contributed by atoms with Crippen molar-refractivity contribution < 1.29 is 19.2 Å². The van der Waals surface area contributed by atoms with Crippen LogP contribution >= 0.6 is 0 Å². The number of nitrogens with zero attached hydrogens (tertiary/aromatic N) is 1. The molecule has 1 fully saturated rings. The van der Waals surface area contributed by atoms with Gasteiger partial charge in [0.15, 0.2) is 17.0 Å². The lowest BCUT2D eigenvalue weighted by Gasteiger charge is -2.25. The zero-order chi connectivity index (χ0) is 24.6. The number of fused-ring (bicyclic) bond motifs is 2. The Morgan fingerprint density at radius 2 is 1.74 bits per heavy atom. The molecule has 0 radical (unpaired) electrons. The van der Waals surface area contributed by atoms with Crippen molar-refractivity contribution in [3.8, 4) is 11.5 Å². The number of carbonyl (C=O) groups is 1. The van der Waals surface area contributed by atoms with E-state index in [0.29, 0.717) is 36.0 Å². The molecule has 0 aromatic heterocycles. The van der Waals surface area contributed by atoms with Gasteiger partial charge < -0.3 is 14.8 Å². The lowest BCUT2D eigenvalue weighted by atomic mass is 9.78. The summed E-state index contributed by atoms with van der Waals surface area (Å²) in [6.45, 7) is 4.55. The number of nitrogens with one attached hydrogen (secondary N) is 2. The molecular formula is C27H27N3O5. The van der Waals surface area contributed by atoms with Gasteiger partial charge in [0.25, 0.3) is 11.9 Å². The molecule has 8 nitrogen and oxygen atoms in total. The normalized spacial score (nSPS) is 24.7. The molecule has 3 aromatic carbocycles. The van der Waals surface area contributed by atoms with Crippen molar-refractivity contribution in [2.75, 3.05) is 11.9 Å². The Bertz CT molecular complexity index is 1260. The minimum atomic E-state index is -1.45. The smallest absolute Gasteiger partial charge is 0.256 e. The molecule has 2 N–H and O–H groups in total. The van der Waals surface area contributed by atoms with Crippen LogP contribution in [0.1, 0.15) is 36.5 Å². The van der Waals surface area contributed by atoms with Gasteiger partial charge in [-0.25, -0.2) is 0 Å². The average molecular weight is 474 g/mol. The number of benzene rings is 3. The second-order valence-electron chi connectivity index (χ2n) is 8.91. The molecule has 0 aliphatic carbocycles. The number of amides is 1. The number of nitro groups is 1. The third-order valence-corrected chi connectivity index (χ3v) is 6.85. The van der Waals surface area contributed by atoms with Gasteiger partial charge in [-0.15, -0.1) is 0 Å². The molecular weight excluding hydrogens is 446 g/mol. The first-order valence-electron chi connectivity index (χ1n) is 11.7. The largest absolute Gasteiger partial charge is 0.490 e. The lowest BCUT2D eigenvalue weighted by molar-refractivity contribution is -0.532. The Balaban J connectivity index is 1.52. The fourth-order valence-corrected chi connectivity index (χ4v) is 5.41. The minimum absolute atomic E-state index is 0.330. The molecule has 3 aromatic rings. The van der Waals surface area contributed by atoms with Crippen LogP contribution in [-0.2, 0) is 16.9 Å². The SMILES string of the molecule is CCOc1cc([C@@H]2[C@H](C)N[C@@]3(C(=O)Nc4ccccc43)[C@@H]2[N+](=O)[O-])ccc1OCc1ccccc1. The van der Waals surface area contributed by atoms with E-state index in [1.54, 1.807) is 36.4 Å². The van der Waals surface area contributed by atoms with E-state index >= 15 is 0 Å². The van der Waals surface area contributed by atoms with E-state index in [2.05, 4.69) is 10.6 Å². The molecule has 0 unspecified atom stereocenters. The van der Waals surface area contributed by atoms with Crippen molar-refractivity contribution >= 4 is 11.6 Å². The van der Waals surface area contributed by atoms with Crippen molar-refractivity contribution in [3.05, 3.63) is 99.6 Å². The summed E-state index contributed by atoms with van der Waals surface area (Å²) in [5, 5.41) is 18.6. The quantitative estimate of drug-likeness (QED) is 0.393. The average Bonchev–Trinajstić information content (AvgIpc) is 3.32. The van der Waals surface area contributed by atoms with Crippen LogP contribution < -0.4 is 20.1 Å².